The van der Waals surface area contributed by atoms with E-state index in [2.05, 4.69) is 19.9 Å². The topological polar surface area (TPSA) is 73.4 Å². The predicted octanol–water partition coefficient (Wildman–Crippen LogP) is 1.59. The minimum absolute atomic E-state index is 0.00858. The fourth-order valence-electron chi connectivity index (χ4n) is 3.09. The maximum absolute atomic E-state index is 12.5. The van der Waals surface area contributed by atoms with E-state index in [9.17, 15) is 10.1 Å². The van der Waals surface area contributed by atoms with Crippen LogP contribution in [0, 0.1) is 16.7 Å². The molecule has 0 bridgehead atoms. The highest BCUT2D eigenvalue weighted by molar-refractivity contribution is 5.79. The van der Waals surface area contributed by atoms with Gasteiger partial charge < -0.3 is 10.6 Å². The molecule has 1 amide bonds. The third-order valence-corrected chi connectivity index (χ3v) is 4.56. The average molecular weight is 294 g/mol. The number of likely N-dealkylation sites (N-methyl/N-ethyl adjacent to an activating group) is 2. The van der Waals surface area contributed by atoms with Crippen molar-refractivity contribution in [2.75, 3.05) is 33.7 Å². The molecule has 5 nitrogen and oxygen atoms in total. The molecule has 0 radical (unpaired) electrons. The van der Waals surface area contributed by atoms with Crippen LogP contribution >= 0.6 is 0 Å². The number of nitrogens with zero attached hydrogens (tertiary/aromatic N) is 3. The molecule has 0 spiro atoms. The summed E-state index contributed by atoms with van der Waals surface area (Å²) in [5.41, 5.74) is 5.13. The Balaban J connectivity index is 2.64. The first-order valence-electron chi connectivity index (χ1n) is 7.83. The molecule has 1 aliphatic carbocycles. The molecule has 0 aromatic heterocycles. The van der Waals surface area contributed by atoms with Crippen LogP contribution in [0.3, 0.4) is 0 Å². The summed E-state index contributed by atoms with van der Waals surface area (Å²) in [6, 6.07) is 2.40. The summed E-state index contributed by atoms with van der Waals surface area (Å²) in [6.07, 6.45) is 4.81. The number of carbonyl (C=O) groups excluding carboxylic acids is 1. The van der Waals surface area contributed by atoms with Crippen molar-refractivity contribution in [1.29, 1.82) is 5.26 Å². The number of hydrogen-bond donors (Lipinski definition) is 1. The van der Waals surface area contributed by atoms with E-state index in [0.717, 1.165) is 38.6 Å². The van der Waals surface area contributed by atoms with Gasteiger partial charge in [-0.15, -0.1) is 0 Å². The average Bonchev–Trinajstić information content (AvgIpc) is 2.46. The maximum atomic E-state index is 12.5. The fourth-order valence-corrected chi connectivity index (χ4v) is 3.09. The van der Waals surface area contributed by atoms with Crippen LogP contribution in [0.15, 0.2) is 0 Å². The van der Waals surface area contributed by atoms with Gasteiger partial charge in [-0.1, -0.05) is 33.1 Å². The molecule has 21 heavy (non-hydrogen) atoms. The van der Waals surface area contributed by atoms with Crippen LogP contribution in [0.25, 0.3) is 0 Å². The summed E-state index contributed by atoms with van der Waals surface area (Å²) in [7, 11) is 3.71. The monoisotopic (exact) mass is 294 g/mol. The molecular weight excluding hydrogens is 264 g/mol. The fraction of sp³-hybridized carbons (Fsp3) is 0.875. The van der Waals surface area contributed by atoms with Gasteiger partial charge in [-0.05, 0) is 31.8 Å². The van der Waals surface area contributed by atoms with E-state index in [4.69, 9.17) is 5.73 Å². The molecule has 0 heterocycles. The van der Waals surface area contributed by atoms with Crippen molar-refractivity contribution < 1.29 is 4.79 Å². The van der Waals surface area contributed by atoms with E-state index in [-0.39, 0.29) is 11.3 Å². The molecule has 1 saturated carbocycles. The maximum Gasteiger partial charge on any atom is 0.237 e. The summed E-state index contributed by atoms with van der Waals surface area (Å²) >= 11 is 0. The molecule has 0 atom stereocenters. The first kappa shape index (κ1) is 17.9. The Morgan fingerprint density at radius 1 is 1.29 bits per heavy atom. The SMILES string of the molecule is CN(CC(=O)N(C)C1(C#N)CCCCC1)CC(C)(C)CN. The molecule has 0 aromatic carbocycles. The highest BCUT2D eigenvalue weighted by Gasteiger charge is 2.39. The quantitative estimate of drug-likeness (QED) is 0.807. The largest absolute Gasteiger partial charge is 0.330 e. The lowest BCUT2D eigenvalue weighted by atomic mass is 9.81. The zero-order valence-electron chi connectivity index (χ0n) is 14.0. The van der Waals surface area contributed by atoms with Crippen molar-refractivity contribution in [2.45, 2.75) is 51.5 Å². The summed E-state index contributed by atoms with van der Waals surface area (Å²) < 4.78 is 0. The smallest absolute Gasteiger partial charge is 0.237 e. The van der Waals surface area contributed by atoms with Gasteiger partial charge in [0, 0.05) is 13.6 Å². The Labute approximate surface area is 129 Å². The Morgan fingerprint density at radius 3 is 2.33 bits per heavy atom. The predicted molar refractivity (Wildman–Crippen MR) is 84.5 cm³/mol. The van der Waals surface area contributed by atoms with Gasteiger partial charge in [-0.25, -0.2) is 0 Å². The second kappa shape index (κ2) is 7.24. The molecule has 0 saturated heterocycles. The first-order chi connectivity index (χ1) is 9.76. The standard InChI is InChI=1S/C16H30N4O/c1-15(2,11-17)13-19(3)10-14(21)20(4)16(12-18)8-6-5-7-9-16/h5-11,13,17H2,1-4H3. The Bertz CT molecular complexity index is 394. The molecule has 2 N–H and O–H groups in total. The van der Waals surface area contributed by atoms with Gasteiger partial charge in [0.25, 0.3) is 0 Å². The lowest BCUT2D eigenvalue weighted by Gasteiger charge is -2.40. The molecule has 1 aliphatic rings. The third-order valence-electron chi connectivity index (χ3n) is 4.56. The van der Waals surface area contributed by atoms with Gasteiger partial charge in [0.2, 0.25) is 5.91 Å². The minimum Gasteiger partial charge on any atom is -0.330 e. The number of nitriles is 1. The molecule has 5 heteroatoms. The summed E-state index contributed by atoms with van der Waals surface area (Å²) in [5, 5.41) is 9.55. The zero-order chi connectivity index (χ0) is 16.1. The normalized spacial score (nSPS) is 18.3. The number of carbonyl (C=O) groups is 1. The van der Waals surface area contributed by atoms with Gasteiger partial charge in [0.15, 0.2) is 0 Å². The van der Waals surface area contributed by atoms with Crippen LogP contribution in [0.5, 0.6) is 0 Å². The van der Waals surface area contributed by atoms with Crippen LogP contribution in [0.2, 0.25) is 0 Å². The van der Waals surface area contributed by atoms with E-state index in [0.29, 0.717) is 13.1 Å². The Hall–Kier alpha value is -1.12. The number of hydrogen-bond acceptors (Lipinski definition) is 4. The van der Waals surface area contributed by atoms with Crippen molar-refractivity contribution in [3.8, 4) is 6.07 Å². The molecule has 1 fully saturated rings. The van der Waals surface area contributed by atoms with Crippen molar-refractivity contribution in [2.24, 2.45) is 11.1 Å². The molecule has 0 unspecified atom stereocenters. The van der Waals surface area contributed by atoms with Crippen molar-refractivity contribution in [1.82, 2.24) is 9.80 Å². The number of rotatable bonds is 6. The van der Waals surface area contributed by atoms with Crippen LogP contribution in [-0.4, -0.2) is 55.0 Å². The van der Waals surface area contributed by atoms with Gasteiger partial charge in [-0.2, -0.15) is 5.26 Å². The zero-order valence-corrected chi connectivity index (χ0v) is 14.0. The summed E-state index contributed by atoms with van der Waals surface area (Å²) in [4.78, 5) is 16.2. The first-order valence-corrected chi connectivity index (χ1v) is 7.83. The van der Waals surface area contributed by atoms with Gasteiger partial charge >= 0.3 is 0 Å². The highest BCUT2D eigenvalue weighted by atomic mass is 16.2. The molecule has 0 aliphatic heterocycles. The number of amides is 1. The molecule has 120 valence electrons. The van der Waals surface area contributed by atoms with E-state index >= 15 is 0 Å². The second-order valence-electron chi connectivity index (χ2n) is 7.20. The Morgan fingerprint density at radius 2 is 1.86 bits per heavy atom. The lowest BCUT2D eigenvalue weighted by molar-refractivity contribution is -0.136. The van der Waals surface area contributed by atoms with E-state index < -0.39 is 5.54 Å². The minimum atomic E-state index is -0.598. The molecular formula is C16H30N4O. The summed E-state index contributed by atoms with van der Waals surface area (Å²) in [5.74, 6) is 0.0220. The third kappa shape index (κ3) is 4.69. The van der Waals surface area contributed by atoms with Crippen LogP contribution in [0.1, 0.15) is 46.0 Å². The lowest BCUT2D eigenvalue weighted by Crippen LogP contribution is -2.53. The van der Waals surface area contributed by atoms with Crippen molar-refractivity contribution in [3.63, 3.8) is 0 Å². The van der Waals surface area contributed by atoms with E-state index in [1.165, 1.54) is 0 Å². The summed E-state index contributed by atoms with van der Waals surface area (Å²) in [6.45, 7) is 5.88. The van der Waals surface area contributed by atoms with Gasteiger partial charge in [0.05, 0.1) is 12.6 Å². The molecule has 1 rings (SSSR count). The number of nitrogens with two attached hydrogens (primary N) is 1. The van der Waals surface area contributed by atoms with Crippen LogP contribution < -0.4 is 5.73 Å². The van der Waals surface area contributed by atoms with Crippen molar-refractivity contribution >= 4 is 5.91 Å². The molecule has 0 aromatic rings. The van der Waals surface area contributed by atoms with E-state index in [1.54, 1.807) is 11.9 Å². The van der Waals surface area contributed by atoms with Crippen LogP contribution in [-0.2, 0) is 4.79 Å². The van der Waals surface area contributed by atoms with Gasteiger partial charge in [-0.3, -0.25) is 9.69 Å². The highest BCUT2D eigenvalue weighted by Crippen LogP contribution is 2.32. The Kier molecular flexibility index (Phi) is 6.18. The van der Waals surface area contributed by atoms with Gasteiger partial charge in [0.1, 0.15) is 5.54 Å². The van der Waals surface area contributed by atoms with E-state index in [1.807, 2.05) is 11.9 Å². The van der Waals surface area contributed by atoms with Crippen molar-refractivity contribution in [3.05, 3.63) is 0 Å². The second-order valence-corrected chi connectivity index (χ2v) is 7.20. The van der Waals surface area contributed by atoms with Crippen LogP contribution in [0.4, 0.5) is 0 Å².